The van der Waals surface area contributed by atoms with Crippen LogP contribution in [0.25, 0.3) is 11.0 Å². The number of fused-ring (bicyclic) bond motifs is 1. The molecule has 0 spiro atoms. The lowest BCUT2D eigenvalue weighted by molar-refractivity contribution is -0.145. The Labute approximate surface area is 163 Å². The summed E-state index contributed by atoms with van der Waals surface area (Å²) in [7, 11) is 2.81. The normalized spacial score (nSPS) is 15.8. The van der Waals surface area contributed by atoms with E-state index in [-0.39, 0.29) is 18.2 Å². The highest BCUT2D eigenvalue weighted by atomic mass is 16.5. The molecule has 150 valence electrons. The van der Waals surface area contributed by atoms with Crippen LogP contribution in [0.5, 0.6) is 5.75 Å². The number of carbonyl (C=O) groups excluding carboxylic acids is 2. The van der Waals surface area contributed by atoms with E-state index in [4.69, 9.17) is 13.9 Å². The van der Waals surface area contributed by atoms with Crippen molar-refractivity contribution >= 4 is 22.8 Å². The lowest BCUT2D eigenvalue weighted by atomic mass is 9.88. The van der Waals surface area contributed by atoms with Gasteiger partial charge in [0.25, 0.3) is 0 Å². The number of carbonyl (C=O) groups is 2. The number of hydrogen-bond acceptors (Lipinski definition) is 6. The molecule has 1 atom stereocenters. The molecule has 1 N–H and O–H groups in total. The summed E-state index contributed by atoms with van der Waals surface area (Å²) < 4.78 is 15.3. The summed E-state index contributed by atoms with van der Waals surface area (Å²) in [5.74, 6) is -0.200. The molecule has 2 aromatic rings. The summed E-state index contributed by atoms with van der Waals surface area (Å²) in [5.41, 5.74) is 0.440. The molecule has 1 aliphatic rings. The second kappa shape index (κ2) is 8.91. The van der Waals surface area contributed by atoms with Gasteiger partial charge in [0.2, 0.25) is 5.91 Å². The Kier molecular flexibility index (Phi) is 6.34. The molecule has 1 saturated carbocycles. The molecule has 1 aliphatic carbocycles. The van der Waals surface area contributed by atoms with Gasteiger partial charge in [0, 0.05) is 29.9 Å². The summed E-state index contributed by atoms with van der Waals surface area (Å²) in [6, 6.07) is 5.61. The van der Waals surface area contributed by atoms with Crippen LogP contribution in [-0.2, 0) is 20.7 Å². The third-order valence-electron chi connectivity index (χ3n) is 5.24. The predicted molar refractivity (Wildman–Crippen MR) is 103 cm³/mol. The van der Waals surface area contributed by atoms with Gasteiger partial charge in [0.15, 0.2) is 0 Å². The van der Waals surface area contributed by atoms with Gasteiger partial charge in [0.05, 0.1) is 14.2 Å². The zero-order chi connectivity index (χ0) is 20.1. The first-order valence-electron chi connectivity index (χ1n) is 9.51. The molecular weight excluding hydrogens is 362 g/mol. The van der Waals surface area contributed by atoms with E-state index in [0.717, 1.165) is 32.1 Å². The molecule has 1 aromatic heterocycles. The van der Waals surface area contributed by atoms with E-state index in [1.165, 1.54) is 20.3 Å². The predicted octanol–water partition coefficient (Wildman–Crippen LogP) is 2.58. The molecule has 0 radical (unpaired) electrons. The van der Waals surface area contributed by atoms with Crippen LogP contribution in [0, 0.1) is 5.92 Å². The van der Waals surface area contributed by atoms with Crippen LogP contribution in [0.3, 0.4) is 0 Å². The zero-order valence-corrected chi connectivity index (χ0v) is 16.2. The van der Waals surface area contributed by atoms with Crippen LogP contribution in [0.4, 0.5) is 0 Å². The van der Waals surface area contributed by atoms with Crippen molar-refractivity contribution in [3.63, 3.8) is 0 Å². The van der Waals surface area contributed by atoms with Crippen molar-refractivity contribution in [2.24, 2.45) is 5.92 Å². The molecule has 1 aromatic carbocycles. The van der Waals surface area contributed by atoms with E-state index < -0.39 is 17.6 Å². The summed E-state index contributed by atoms with van der Waals surface area (Å²) in [6.45, 7) is 0. The number of amides is 1. The van der Waals surface area contributed by atoms with Gasteiger partial charge < -0.3 is 19.2 Å². The molecule has 7 heteroatoms. The van der Waals surface area contributed by atoms with Crippen molar-refractivity contribution < 1.29 is 23.5 Å². The van der Waals surface area contributed by atoms with Crippen molar-refractivity contribution in [1.29, 1.82) is 0 Å². The Morgan fingerprint density at radius 3 is 2.61 bits per heavy atom. The van der Waals surface area contributed by atoms with Crippen LogP contribution in [0.15, 0.2) is 33.5 Å². The number of nitrogens with one attached hydrogen (secondary N) is 1. The quantitative estimate of drug-likeness (QED) is 0.605. The fraction of sp³-hybridized carbons (Fsp3) is 0.476. The molecular formula is C21H25NO6. The Bertz CT molecular complexity index is 913. The number of esters is 1. The molecule has 3 rings (SSSR count). The molecule has 7 nitrogen and oxygen atoms in total. The second-order valence-corrected chi connectivity index (χ2v) is 7.08. The summed E-state index contributed by atoms with van der Waals surface area (Å²) in [6.07, 6.45) is 4.98. The standard InChI is InChI=1S/C21H25NO6/c1-26-15-8-9-16-14(11-19(23)28-18(16)12-15)10-17(21(25)27-2)22-20(24)13-6-4-3-5-7-13/h8-9,11-13,17H,3-7,10H2,1-2H3,(H,22,24)/t17-/m0/s1. The highest BCUT2D eigenvalue weighted by molar-refractivity contribution is 5.87. The van der Waals surface area contributed by atoms with E-state index >= 15 is 0 Å². The second-order valence-electron chi connectivity index (χ2n) is 7.08. The van der Waals surface area contributed by atoms with E-state index in [1.807, 2.05) is 0 Å². The fourth-order valence-electron chi connectivity index (χ4n) is 3.72. The van der Waals surface area contributed by atoms with Crippen LogP contribution in [0.2, 0.25) is 0 Å². The van der Waals surface area contributed by atoms with Gasteiger partial charge in [-0.25, -0.2) is 9.59 Å². The number of hydrogen-bond donors (Lipinski definition) is 1. The number of methoxy groups -OCH3 is 2. The minimum Gasteiger partial charge on any atom is -0.497 e. The van der Waals surface area contributed by atoms with Crippen molar-refractivity contribution in [1.82, 2.24) is 5.32 Å². The van der Waals surface area contributed by atoms with Gasteiger partial charge in [-0.2, -0.15) is 0 Å². The van der Waals surface area contributed by atoms with Gasteiger partial charge in [-0.1, -0.05) is 19.3 Å². The molecule has 0 bridgehead atoms. The van der Waals surface area contributed by atoms with E-state index in [0.29, 0.717) is 22.3 Å². The first-order valence-corrected chi connectivity index (χ1v) is 9.51. The van der Waals surface area contributed by atoms with Crippen LogP contribution < -0.4 is 15.7 Å². The molecule has 0 saturated heterocycles. The first kappa shape index (κ1) is 19.9. The highest BCUT2D eigenvalue weighted by Crippen LogP contribution is 2.25. The maximum atomic E-state index is 12.6. The highest BCUT2D eigenvalue weighted by Gasteiger charge is 2.28. The minimum absolute atomic E-state index is 0.0808. The van der Waals surface area contributed by atoms with E-state index in [2.05, 4.69) is 5.32 Å². The monoisotopic (exact) mass is 387 g/mol. The third kappa shape index (κ3) is 4.52. The maximum Gasteiger partial charge on any atom is 0.336 e. The molecule has 28 heavy (non-hydrogen) atoms. The van der Waals surface area contributed by atoms with Crippen molar-refractivity contribution in [2.75, 3.05) is 14.2 Å². The molecule has 1 fully saturated rings. The Morgan fingerprint density at radius 2 is 1.93 bits per heavy atom. The van der Waals surface area contributed by atoms with Gasteiger partial charge in [0.1, 0.15) is 17.4 Å². The fourth-order valence-corrected chi connectivity index (χ4v) is 3.72. The van der Waals surface area contributed by atoms with Crippen molar-refractivity contribution in [2.45, 2.75) is 44.6 Å². The Morgan fingerprint density at radius 1 is 1.18 bits per heavy atom. The number of ether oxygens (including phenoxy) is 2. The Balaban J connectivity index is 1.87. The summed E-state index contributed by atoms with van der Waals surface area (Å²) in [4.78, 5) is 36.9. The lowest BCUT2D eigenvalue weighted by Gasteiger charge is -2.24. The summed E-state index contributed by atoms with van der Waals surface area (Å²) >= 11 is 0. The van der Waals surface area contributed by atoms with Gasteiger partial charge in [-0.15, -0.1) is 0 Å². The maximum absolute atomic E-state index is 12.6. The first-order chi connectivity index (χ1) is 13.5. The average molecular weight is 387 g/mol. The molecule has 1 amide bonds. The number of rotatable bonds is 6. The van der Waals surface area contributed by atoms with Crippen LogP contribution in [0.1, 0.15) is 37.7 Å². The van der Waals surface area contributed by atoms with Gasteiger partial charge >= 0.3 is 11.6 Å². The van der Waals surface area contributed by atoms with Crippen molar-refractivity contribution in [3.8, 4) is 5.75 Å². The van der Waals surface area contributed by atoms with Crippen molar-refractivity contribution in [3.05, 3.63) is 40.2 Å². The Hall–Kier alpha value is -2.83. The van der Waals surface area contributed by atoms with Gasteiger partial charge in [-0.05, 0) is 30.5 Å². The van der Waals surface area contributed by atoms with E-state index in [9.17, 15) is 14.4 Å². The average Bonchev–Trinajstić information content (AvgIpc) is 2.72. The third-order valence-corrected chi connectivity index (χ3v) is 5.24. The van der Waals surface area contributed by atoms with E-state index in [1.54, 1.807) is 18.2 Å². The minimum atomic E-state index is -0.869. The van der Waals surface area contributed by atoms with Crippen LogP contribution in [-0.4, -0.2) is 32.1 Å². The zero-order valence-electron chi connectivity index (χ0n) is 16.2. The summed E-state index contributed by atoms with van der Waals surface area (Å²) in [5, 5.41) is 3.50. The molecule has 0 aliphatic heterocycles. The van der Waals surface area contributed by atoms with Crippen LogP contribution >= 0.6 is 0 Å². The van der Waals surface area contributed by atoms with Gasteiger partial charge in [-0.3, -0.25) is 4.79 Å². The SMILES string of the molecule is COC(=O)[C@H](Cc1cc(=O)oc2cc(OC)ccc12)NC(=O)C1CCCCC1. The molecule has 1 heterocycles. The topological polar surface area (TPSA) is 94.8 Å². The lowest BCUT2D eigenvalue weighted by Crippen LogP contribution is -2.46. The molecule has 0 unspecified atom stereocenters. The smallest absolute Gasteiger partial charge is 0.336 e. The largest absolute Gasteiger partial charge is 0.497 e. The number of benzene rings is 1.